The Kier molecular flexibility index (Phi) is 4.10. The van der Waals surface area contributed by atoms with Crippen LogP contribution >= 0.6 is 11.8 Å². The van der Waals surface area contributed by atoms with Crippen molar-refractivity contribution in [2.24, 2.45) is 0 Å². The summed E-state index contributed by atoms with van der Waals surface area (Å²) in [6.07, 6.45) is 3.32. The first-order valence-electron chi connectivity index (χ1n) is 6.25. The summed E-state index contributed by atoms with van der Waals surface area (Å²) in [7, 11) is 0. The van der Waals surface area contributed by atoms with Gasteiger partial charge < -0.3 is 5.73 Å². The van der Waals surface area contributed by atoms with Gasteiger partial charge in [0.15, 0.2) is 0 Å². The van der Waals surface area contributed by atoms with Crippen molar-refractivity contribution in [2.45, 2.75) is 36.8 Å². The van der Waals surface area contributed by atoms with Gasteiger partial charge >= 0.3 is 0 Å². The quantitative estimate of drug-likeness (QED) is 0.867. The van der Waals surface area contributed by atoms with Crippen LogP contribution in [0.15, 0.2) is 41.6 Å². The van der Waals surface area contributed by atoms with E-state index < -0.39 is 0 Å². The van der Waals surface area contributed by atoms with Gasteiger partial charge in [0.1, 0.15) is 5.82 Å². The highest BCUT2D eigenvalue weighted by Gasteiger charge is 2.12. The number of hydrogen-bond acceptors (Lipinski definition) is 4. The second-order valence-corrected chi connectivity index (χ2v) is 6.54. The van der Waals surface area contributed by atoms with E-state index in [-0.39, 0.29) is 5.41 Å². The molecule has 1 aromatic carbocycles. The Morgan fingerprint density at radius 2 is 1.74 bits per heavy atom. The average Bonchev–Trinajstić information content (AvgIpc) is 2.37. The van der Waals surface area contributed by atoms with Gasteiger partial charge in [0.2, 0.25) is 0 Å². The summed E-state index contributed by atoms with van der Waals surface area (Å²) in [6.45, 7) is 6.66. The number of rotatable bonds is 3. The van der Waals surface area contributed by atoms with Crippen molar-refractivity contribution < 1.29 is 0 Å². The van der Waals surface area contributed by atoms with Crippen molar-refractivity contribution >= 4 is 17.6 Å². The van der Waals surface area contributed by atoms with E-state index in [2.05, 4.69) is 55.0 Å². The third kappa shape index (κ3) is 3.96. The van der Waals surface area contributed by atoms with E-state index in [1.807, 2.05) is 0 Å². The number of benzene rings is 1. The topological polar surface area (TPSA) is 51.8 Å². The molecule has 0 aliphatic heterocycles. The van der Waals surface area contributed by atoms with Crippen molar-refractivity contribution in [3.8, 4) is 0 Å². The SMILES string of the molecule is CC(C)(C)c1ccc(SCc2cnc(N)cn2)cc1. The molecule has 0 bridgehead atoms. The van der Waals surface area contributed by atoms with Gasteiger partial charge in [-0.15, -0.1) is 11.8 Å². The fourth-order valence-corrected chi connectivity index (χ4v) is 2.44. The Labute approximate surface area is 118 Å². The first-order chi connectivity index (χ1) is 8.95. The van der Waals surface area contributed by atoms with Gasteiger partial charge in [0.25, 0.3) is 0 Å². The van der Waals surface area contributed by atoms with Crippen molar-refractivity contribution in [3.05, 3.63) is 47.9 Å². The van der Waals surface area contributed by atoms with Crippen LogP contribution in [0.2, 0.25) is 0 Å². The summed E-state index contributed by atoms with van der Waals surface area (Å²) >= 11 is 1.76. The summed E-state index contributed by atoms with van der Waals surface area (Å²) in [5.74, 6) is 1.27. The van der Waals surface area contributed by atoms with Crippen molar-refractivity contribution in [1.29, 1.82) is 0 Å². The van der Waals surface area contributed by atoms with Crippen LogP contribution in [0.3, 0.4) is 0 Å². The van der Waals surface area contributed by atoms with Gasteiger partial charge in [-0.2, -0.15) is 0 Å². The lowest BCUT2D eigenvalue weighted by Crippen LogP contribution is -2.10. The van der Waals surface area contributed by atoms with E-state index in [0.29, 0.717) is 5.82 Å². The van der Waals surface area contributed by atoms with Crippen molar-refractivity contribution in [3.63, 3.8) is 0 Å². The average molecular weight is 273 g/mol. The number of thioether (sulfide) groups is 1. The zero-order valence-electron chi connectivity index (χ0n) is 11.6. The third-order valence-electron chi connectivity index (χ3n) is 2.83. The van der Waals surface area contributed by atoms with Crippen molar-refractivity contribution in [1.82, 2.24) is 9.97 Å². The van der Waals surface area contributed by atoms with E-state index in [1.165, 1.54) is 10.5 Å². The fraction of sp³-hybridized carbons (Fsp3) is 0.333. The van der Waals surface area contributed by atoms with Crippen LogP contribution in [-0.2, 0) is 11.2 Å². The maximum absolute atomic E-state index is 5.51. The molecule has 3 nitrogen and oxygen atoms in total. The molecule has 2 aromatic rings. The lowest BCUT2D eigenvalue weighted by molar-refractivity contribution is 0.590. The van der Waals surface area contributed by atoms with Crippen LogP contribution in [0.5, 0.6) is 0 Å². The maximum Gasteiger partial charge on any atom is 0.141 e. The van der Waals surface area contributed by atoms with Gasteiger partial charge in [-0.25, -0.2) is 4.98 Å². The van der Waals surface area contributed by atoms with Gasteiger partial charge in [0, 0.05) is 10.6 Å². The molecule has 100 valence electrons. The van der Waals surface area contributed by atoms with Gasteiger partial charge in [-0.3, -0.25) is 4.98 Å². The van der Waals surface area contributed by atoms with Crippen LogP contribution < -0.4 is 5.73 Å². The predicted molar refractivity (Wildman–Crippen MR) is 81.1 cm³/mol. The smallest absolute Gasteiger partial charge is 0.141 e. The summed E-state index contributed by atoms with van der Waals surface area (Å²) < 4.78 is 0. The van der Waals surface area contributed by atoms with Crippen LogP contribution in [0, 0.1) is 0 Å². The Hall–Kier alpha value is -1.55. The Balaban J connectivity index is 1.98. The molecule has 0 atom stereocenters. The maximum atomic E-state index is 5.51. The molecule has 1 heterocycles. The molecule has 1 aromatic heterocycles. The minimum atomic E-state index is 0.200. The van der Waals surface area contributed by atoms with E-state index in [9.17, 15) is 0 Å². The van der Waals surface area contributed by atoms with Crippen LogP contribution in [0.1, 0.15) is 32.0 Å². The lowest BCUT2D eigenvalue weighted by Gasteiger charge is -2.19. The summed E-state index contributed by atoms with van der Waals surface area (Å²) in [4.78, 5) is 9.52. The first kappa shape index (κ1) is 13.9. The van der Waals surface area contributed by atoms with E-state index in [4.69, 9.17) is 5.73 Å². The Bertz CT molecular complexity index is 527. The zero-order valence-corrected chi connectivity index (χ0v) is 12.4. The monoisotopic (exact) mass is 273 g/mol. The lowest BCUT2D eigenvalue weighted by atomic mass is 9.87. The molecule has 0 aliphatic carbocycles. The van der Waals surface area contributed by atoms with Crippen LogP contribution in [0.4, 0.5) is 5.82 Å². The predicted octanol–water partition coefficient (Wildman–Crippen LogP) is 3.65. The van der Waals surface area contributed by atoms with E-state index in [0.717, 1.165) is 11.4 Å². The largest absolute Gasteiger partial charge is 0.382 e. The molecule has 0 unspecified atom stereocenters. The first-order valence-corrected chi connectivity index (χ1v) is 7.23. The molecule has 4 heteroatoms. The fourth-order valence-electron chi connectivity index (χ4n) is 1.65. The summed E-state index contributed by atoms with van der Waals surface area (Å²) in [6, 6.07) is 8.71. The normalized spacial score (nSPS) is 11.5. The number of nitrogens with two attached hydrogens (primary N) is 1. The zero-order chi connectivity index (χ0) is 13.9. The second-order valence-electron chi connectivity index (χ2n) is 5.50. The standard InChI is InChI=1S/C15H19N3S/c1-15(2,3)11-4-6-13(7-5-11)19-10-12-8-18-14(16)9-17-12/h4-9H,10H2,1-3H3,(H2,16,18). The molecule has 0 aliphatic rings. The van der Waals surface area contributed by atoms with Crippen molar-refractivity contribution in [2.75, 3.05) is 5.73 Å². The third-order valence-corrected chi connectivity index (χ3v) is 3.88. The minimum Gasteiger partial charge on any atom is -0.382 e. The molecule has 0 saturated carbocycles. The molecule has 19 heavy (non-hydrogen) atoms. The van der Waals surface area contributed by atoms with Gasteiger partial charge in [0.05, 0.1) is 18.1 Å². The molecule has 0 saturated heterocycles. The number of hydrogen-bond donors (Lipinski definition) is 1. The minimum absolute atomic E-state index is 0.200. The summed E-state index contributed by atoms with van der Waals surface area (Å²) in [5, 5.41) is 0. The van der Waals surface area contributed by atoms with Gasteiger partial charge in [-0.1, -0.05) is 32.9 Å². The Morgan fingerprint density at radius 3 is 2.26 bits per heavy atom. The van der Waals surface area contributed by atoms with Crippen LogP contribution in [-0.4, -0.2) is 9.97 Å². The molecule has 0 fully saturated rings. The second kappa shape index (κ2) is 5.61. The molecule has 2 rings (SSSR count). The highest BCUT2D eigenvalue weighted by molar-refractivity contribution is 7.98. The van der Waals surface area contributed by atoms with E-state index >= 15 is 0 Å². The van der Waals surface area contributed by atoms with Gasteiger partial charge in [-0.05, 0) is 23.1 Å². The summed E-state index contributed by atoms with van der Waals surface area (Å²) in [5.41, 5.74) is 8.01. The Morgan fingerprint density at radius 1 is 1.05 bits per heavy atom. The highest BCUT2D eigenvalue weighted by atomic mass is 32.2. The number of nitrogen functional groups attached to an aromatic ring is 1. The highest BCUT2D eigenvalue weighted by Crippen LogP contribution is 2.26. The number of aromatic nitrogens is 2. The number of nitrogens with zero attached hydrogens (tertiary/aromatic N) is 2. The molecule has 0 amide bonds. The molecule has 0 radical (unpaired) electrons. The molecule has 0 spiro atoms. The van der Waals surface area contributed by atoms with E-state index in [1.54, 1.807) is 24.2 Å². The number of anilines is 1. The van der Waals surface area contributed by atoms with Crippen LogP contribution in [0.25, 0.3) is 0 Å². The molecular weight excluding hydrogens is 254 g/mol. The molecule has 2 N–H and O–H groups in total. The molecular formula is C15H19N3S.